The second-order valence-corrected chi connectivity index (χ2v) is 6.62. The van der Waals surface area contributed by atoms with Gasteiger partial charge in [-0.2, -0.15) is 0 Å². The van der Waals surface area contributed by atoms with Crippen LogP contribution in [0, 0.1) is 11.8 Å². The Kier molecular flexibility index (Phi) is 7.85. The van der Waals surface area contributed by atoms with Crippen LogP contribution in [0.25, 0.3) is 0 Å². The number of thiophene rings is 1. The van der Waals surface area contributed by atoms with Gasteiger partial charge in [-0.25, -0.2) is 0 Å². The molecule has 1 aromatic rings. The van der Waals surface area contributed by atoms with E-state index < -0.39 is 0 Å². The van der Waals surface area contributed by atoms with E-state index in [0.717, 1.165) is 24.1 Å². The Bertz CT molecular complexity index is 481. The van der Waals surface area contributed by atoms with Gasteiger partial charge >= 0.3 is 0 Å². The van der Waals surface area contributed by atoms with Crippen LogP contribution in [0.4, 0.5) is 0 Å². The summed E-state index contributed by atoms with van der Waals surface area (Å²) in [6, 6.07) is 3.93. The number of nitrogens with two attached hydrogens (primary N) is 1. The van der Waals surface area contributed by atoms with Crippen molar-refractivity contribution in [1.29, 1.82) is 0 Å². The van der Waals surface area contributed by atoms with Gasteiger partial charge in [-0.3, -0.25) is 9.59 Å². The highest BCUT2D eigenvalue weighted by Gasteiger charge is 2.33. The molecule has 0 aromatic carbocycles. The number of hydrogen-bond donors (Lipinski definition) is 2. The fourth-order valence-electron chi connectivity index (χ4n) is 2.88. The van der Waals surface area contributed by atoms with Gasteiger partial charge in [0.05, 0.1) is 13.1 Å². The second kappa shape index (κ2) is 9.12. The average molecular weight is 346 g/mol. The molecule has 0 radical (unpaired) electrons. The van der Waals surface area contributed by atoms with E-state index in [4.69, 9.17) is 5.73 Å². The lowest BCUT2D eigenvalue weighted by molar-refractivity contribution is -0.138. The topological polar surface area (TPSA) is 75.4 Å². The summed E-state index contributed by atoms with van der Waals surface area (Å²) in [4.78, 5) is 26.9. The summed E-state index contributed by atoms with van der Waals surface area (Å²) in [6.45, 7) is 1.18. The summed E-state index contributed by atoms with van der Waals surface area (Å²) < 4.78 is 0. The van der Waals surface area contributed by atoms with E-state index >= 15 is 0 Å². The summed E-state index contributed by atoms with van der Waals surface area (Å²) in [7, 11) is 1.69. The van der Waals surface area contributed by atoms with Gasteiger partial charge in [0.25, 0.3) is 0 Å². The number of halogens is 1. The first-order chi connectivity index (χ1) is 10.1. The highest BCUT2D eigenvalue weighted by molar-refractivity contribution is 7.09. The number of likely N-dealkylation sites (N-methyl/N-ethyl adjacent to an activating group) is 1. The lowest BCUT2D eigenvalue weighted by Gasteiger charge is -2.24. The van der Waals surface area contributed by atoms with Crippen LogP contribution in [-0.2, 0) is 16.1 Å². The molecule has 22 heavy (non-hydrogen) atoms. The quantitative estimate of drug-likeness (QED) is 0.822. The molecule has 0 unspecified atom stereocenters. The first-order valence-electron chi connectivity index (χ1n) is 7.36. The van der Waals surface area contributed by atoms with Crippen LogP contribution in [0.1, 0.15) is 24.1 Å². The third-order valence-electron chi connectivity index (χ3n) is 4.08. The minimum Gasteiger partial charge on any atom is -0.350 e. The first kappa shape index (κ1) is 18.9. The maximum Gasteiger partial charge on any atom is 0.239 e. The van der Waals surface area contributed by atoms with Crippen molar-refractivity contribution in [3.8, 4) is 0 Å². The molecule has 2 atom stereocenters. The molecule has 0 saturated heterocycles. The lowest BCUT2D eigenvalue weighted by atomic mass is 9.95. The number of hydrogen-bond acceptors (Lipinski definition) is 4. The highest BCUT2D eigenvalue weighted by Crippen LogP contribution is 2.32. The van der Waals surface area contributed by atoms with Gasteiger partial charge in [-0.05, 0) is 36.8 Å². The van der Waals surface area contributed by atoms with Crippen LogP contribution < -0.4 is 11.1 Å². The molecule has 1 aliphatic rings. The molecular formula is C15H24ClN3O2S. The molecule has 1 aliphatic carbocycles. The molecule has 0 aliphatic heterocycles. The van der Waals surface area contributed by atoms with Crippen molar-refractivity contribution >= 4 is 35.6 Å². The van der Waals surface area contributed by atoms with Gasteiger partial charge in [0.2, 0.25) is 11.8 Å². The molecule has 0 bridgehead atoms. The minimum atomic E-state index is -0.124. The number of nitrogens with zero attached hydrogens (tertiary/aromatic N) is 1. The van der Waals surface area contributed by atoms with Crippen LogP contribution in [0.2, 0.25) is 0 Å². The van der Waals surface area contributed by atoms with Crippen LogP contribution in [0.15, 0.2) is 17.5 Å². The minimum absolute atomic E-state index is 0. The van der Waals surface area contributed by atoms with Gasteiger partial charge in [-0.1, -0.05) is 12.5 Å². The smallest absolute Gasteiger partial charge is 0.239 e. The number of amides is 2. The monoisotopic (exact) mass is 345 g/mol. The molecule has 5 nitrogen and oxygen atoms in total. The Balaban J connectivity index is 0.00000242. The zero-order valence-corrected chi connectivity index (χ0v) is 14.4. The van der Waals surface area contributed by atoms with E-state index in [-0.39, 0.29) is 42.6 Å². The van der Waals surface area contributed by atoms with Crippen molar-refractivity contribution in [3.05, 3.63) is 22.4 Å². The van der Waals surface area contributed by atoms with Gasteiger partial charge in [0.15, 0.2) is 0 Å². The van der Waals surface area contributed by atoms with E-state index in [1.165, 1.54) is 4.90 Å². The summed E-state index contributed by atoms with van der Waals surface area (Å²) >= 11 is 1.60. The van der Waals surface area contributed by atoms with Gasteiger partial charge < -0.3 is 16.0 Å². The molecule has 1 saturated carbocycles. The molecule has 1 heterocycles. The Morgan fingerprint density at radius 1 is 1.45 bits per heavy atom. The molecule has 0 spiro atoms. The standard InChI is InChI=1S/C15H23N3O2S.ClH/c1-18(15(20)13-6-2-4-11(13)8-16)10-14(19)17-9-12-5-3-7-21-12;/h3,5,7,11,13H,2,4,6,8-10,16H2,1H3,(H,17,19);1H/t11-,13-;/m1./s1. The van der Waals surface area contributed by atoms with Crippen molar-refractivity contribution in [1.82, 2.24) is 10.2 Å². The maximum atomic E-state index is 12.4. The summed E-state index contributed by atoms with van der Waals surface area (Å²) in [6.07, 6.45) is 2.96. The largest absolute Gasteiger partial charge is 0.350 e. The van der Waals surface area contributed by atoms with Crippen molar-refractivity contribution < 1.29 is 9.59 Å². The Morgan fingerprint density at radius 3 is 2.86 bits per heavy atom. The zero-order chi connectivity index (χ0) is 15.2. The first-order valence-corrected chi connectivity index (χ1v) is 8.24. The van der Waals surface area contributed by atoms with E-state index in [1.54, 1.807) is 18.4 Å². The van der Waals surface area contributed by atoms with E-state index in [1.807, 2.05) is 17.5 Å². The molecular weight excluding hydrogens is 322 g/mol. The lowest BCUT2D eigenvalue weighted by Crippen LogP contribution is -2.42. The fourth-order valence-corrected chi connectivity index (χ4v) is 3.52. The van der Waals surface area contributed by atoms with Crippen LogP contribution in [0.3, 0.4) is 0 Å². The predicted molar refractivity (Wildman–Crippen MR) is 90.9 cm³/mol. The molecule has 7 heteroatoms. The Morgan fingerprint density at radius 2 is 2.23 bits per heavy atom. The normalized spacial score (nSPS) is 20.3. The second-order valence-electron chi connectivity index (χ2n) is 5.58. The number of nitrogens with one attached hydrogen (secondary N) is 1. The van der Waals surface area contributed by atoms with Crippen LogP contribution in [-0.4, -0.2) is 36.9 Å². The van der Waals surface area contributed by atoms with Gasteiger partial charge in [-0.15, -0.1) is 23.7 Å². The van der Waals surface area contributed by atoms with Crippen molar-refractivity contribution in [2.24, 2.45) is 17.6 Å². The Hall–Kier alpha value is -1.11. The highest BCUT2D eigenvalue weighted by atomic mass is 35.5. The summed E-state index contributed by atoms with van der Waals surface area (Å²) in [5.74, 6) is 0.190. The zero-order valence-electron chi connectivity index (χ0n) is 12.8. The molecule has 3 N–H and O–H groups in total. The average Bonchev–Trinajstić information content (AvgIpc) is 3.14. The van der Waals surface area contributed by atoms with Crippen molar-refractivity contribution in [3.63, 3.8) is 0 Å². The van der Waals surface area contributed by atoms with E-state index in [2.05, 4.69) is 5.32 Å². The maximum absolute atomic E-state index is 12.4. The molecule has 2 rings (SSSR count). The van der Waals surface area contributed by atoms with E-state index in [0.29, 0.717) is 13.1 Å². The number of carbonyl (C=O) groups is 2. The summed E-state index contributed by atoms with van der Waals surface area (Å²) in [5.41, 5.74) is 5.72. The SMILES string of the molecule is CN(CC(=O)NCc1cccs1)C(=O)[C@@H]1CCC[C@@H]1CN.Cl. The predicted octanol–water partition coefficient (Wildman–Crippen LogP) is 1.62. The summed E-state index contributed by atoms with van der Waals surface area (Å²) in [5, 5.41) is 4.82. The molecule has 1 fully saturated rings. The number of rotatable bonds is 6. The third-order valence-corrected chi connectivity index (χ3v) is 4.95. The van der Waals surface area contributed by atoms with E-state index in [9.17, 15) is 9.59 Å². The molecule has 1 aromatic heterocycles. The van der Waals surface area contributed by atoms with Crippen molar-refractivity contribution in [2.75, 3.05) is 20.1 Å². The van der Waals surface area contributed by atoms with Gasteiger partial charge in [0.1, 0.15) is 0 Å². The van der Waals surface area contributed by atoms with Crippen molar-refractivity contribution in [2.45, 2.75) is 25.8 Å². The number of carbonyl (C=O) groups excluding carboxylic acids is 2. The molecule has 2 amide bonds. The Labute approximate surface area is 141 Å². The van der Waals surface area contributed by atoms with Gasteiger partial charge in [0, 0.05) is 17.8 Å². The molecule has 124 valence electrons. The third kappa shape index (κ3) is 4.97. The van der Waals surface area contributed by atoms with Crippen LogP contribution in [0.5, 0.6) is 0 Å². The fraction of sp³-hybridized carbons (Fsp3) is 0.600. The van der Waals surface area contributed by atoms with Crippen LogP contribution >= 0.6 is 23.7 Å².